The zero-order valence-corrected chi connectivity index (χ0v) is 15.8. The molecule has 0 unspecified atom stereocenters. The zero-order chi connectivity index (χ0) is 18.6. The van der Waals surface area contributed by atoms with Gasteiger partial charge < -0.3 is 15.0 Å². The van der Waals surface area contributed by atoms with Crippen molar-refractivity contribution in [3.8, 4) is 11.4 Å². The fourth-order valence-corrected chi connectivity index (χ4v) is 3.95. The van der Waals surface area contributed by atoms with Crippen LogP contribution in [0.15, 0.2) is 24.8 Å². The summed E-state index contributed by atoms with van der Waals surface area (Å²) in [5.74, 6) is 1.54. The highest BCUT2D eigenvalue weighted by molar-refractivity contribution is 7.19. The second-order valence-electron chi connectivity index (χ2n) is 6.15. The van der Waals surface area contributed by atoms with Crippen LogP contribution < -0.4 is 10.2 Å². The number of amides is 1. The number of carbonyl (C=O) groups is 1. The molecule has 27 heavy (non-hydrogen) atoms. The van der Waals surface area contributed by atoms with Crippen LogP contribution in [0.25, 0.3) is 21.6 Å². The van der Waals surface area contributed by atoms with Gasteiger partial charge in [0.2, 0.25) is 5.91 Å². The molecule has 9 heteroatoms. The molecule has 0 saturated carbocycles. The lowest BCUT2D eigenvalue weighted by Gasteiger charge is -2.28. The monoisotopic (exact) mass is 384 g/mol. The highest BCUT2D eigenvalue weighted by Gasteiger charge is 2.20. The van der Waals surface area contributed by atoms with Gasteiger partial charge in [0, 0.05) is 36.8 Å². The number of fused-ring (bicyclic) bond motifs is 1. The van der Waals surface area contributed by atoms with Crippen molar-refractivity contribution in [3.05, 3.63) is 29.7 Å². The molecular formula is C18H20N6O2S. The topological polar surface area (TPSA) is 93.1 Å². The molecule has 0 spiro atoms. The number of nitrogens with one attached hydrogen (secondary N) is 1. The van der Waals surface area contributed by atoms with Crippen molar-refractivity contribution >= 4 is 33.3 Å². The first-order chi connectivity index (χ1) is 13.2. The van der Waals surface area contributed by atoms with Gasteiger partial charge in [-0.15, -0.1) is 11.3 Å². The summed E-state index contributed by atoms with van der Waals surface area (Å²) in [6.07, 6.45) is 5.39. The van der Waals surface area contributed by atoms with E-state index >= 15 is 0 Å². The normalized spacial score (nSPS) is 14.5. The number of aromatic nitrogens is 4. The number of morpholine rings is 1. The van der Waals surface area contributed by atoms with E-state index in [9.17, 15) is 4.79 Å². The summed E-state index contributed by atoms with van der Waals surface area (Å²) in [5.41, 5.74) is 1.65. The Morgan fingerprint density at radius 2 is 2.04 bits per heavy atom. The predicted octanol–water partition coefficient (Wildman–Crippen LogP) is 2.01. The van der Waals surface area contributed by atoms with Crippen LogP contribution in [0.2, 0.25) is 0 Å². The van der Waals surface area contributed by atoms with E-state index in [1.807, 2.05) is 13.0 Å². The van der Waals surface area contributed by atoms with Crippen LogP contribution in [0, 0.1) is 0 Å². The Balaban J connectivity index is 1.76. The molecule has 0 atom stereocenters. The largest absolute Gasteiger partial charge is 0.378 e. The standard InChI is InChI=1S/C18H20N6O2S/c1-2-15(25)21-10-13-7-14-16(27-13)18(24-3-5-26-6-4-24)23-17(22-14)12-8-19-11-20-9-12/h7-9,11H,2-6,10H2,1H3,(H,21,25). The smallest absolute Gasteiger partial charge is 0.220 e. The molecule has 1 aliphatic heterocycles. The third-order valence-corrected chi connectivity index (χ3v) is 5.44. The molecule has 0 aliphatic carbocycles. The van der Waals surface area contributed by atoms with Crippen LogP contribution in [0.3, 0.4) is 0 Å². The van der Waals surface area contributed by atoms with E-state index in [2.05, 4.69) is 20.2 Å². The Morgan fingerprint density at radius 1 is 1.26 bits per heavy atom. The number of thiophene rings is 1. The van der Waals surface area contributed by atoms with Crippen LogP contribution in [0.5, 0.6) is 0 Å². The Kier molecular flexibility index (Phi) is 5.21. The number of nitrogens with zero attached hydrogens (tertiary/aromatic N) is 5. The molecule has 4 heterocycles. The highest BCUT2D eigenvalue weighted by Crippen LogP contribution is 2.34. The highest BCUT2D eigenvalue weighted by atomic mass is 32.1. The predicted molar refractivity (Wildman–Crippen MR) is 104 cm³/mol. The molecule has 3 aromatic rings. The molecule has 0 bridgehead atoms. The minimum Gasteiger partial charge on any atom is -0.378 e. The van der Waals surface area contributed by atoms with Gasteiger partial charge in [-0.05, 0) is 6.07 Å². The number of hydrogen-bond acceptors (Lipinski definition) is 8. The molecule has 1 amide bonds. The summed E-state index contributed by atoms with van der Waals surface area (Å²) >= 11 is 1.62. The number of ether oxygens (including phenoxy) is 1. The molecule has 140 valence electrons. The van der Waals surface area contributed by atoms with Crippen LogP contribution in [-0.4, -0.2) is 52.1 Å². The quantitative estimate of drug-likeness (QED) is 0.719. The van der Waals surface area contributed by atoms with E-state index < -0.39 is 0 Å². The van der Waals surface area contributed by atoms with E-state index in [0.29, 0.717) is 32.0 Å². The van der Waals surface area contributed by atoms with Crippen molar-refractivity contribution in [2.75, 3.05) is 31.2 Å². The maximum atomic E-state index is 11.6. The lowest BCUT2D eigenvalue weighted by atomic mass is 10.3. The number of rotatable bonds is 5. The summed E-state index contributed by atoms with van der Waals surface area (Å²) in [4.78, 5) is 32.6. The summed E-state index contributed by atoms with van der Waals surface area (Å²) in [6, 6.07) is 2.02. The maximum Gasteiger partial charge on any atom is 0.220 e. The van der Waals surface area contributed by atoms with Gasteiger partial charge in [-0.1, -0.05) is 6.92 Å². The van der Waals surface area contributed by atoms with Crippen molar-refractivity contribution in [2.24, 2.45) is 0 Å². The van der Waals surface area contributed by atoms with Gasteiger partial charge in [0.05, 0.1) is 35.5 Å². The molecule has 4 rings (SSSR count). The Labute approximate surface area is 160 Å². The summed E-state index contributed by atoms with van der Waals surface area (Å²) < 4.78 is 6.51. The van der Waals surface area contributed by atoms with Gasteiger partial charge in [0.15, 0.2) is 11.6 Å². The first-order valence-electron chi connectivity index (χ1n) is 8.90. The minimum atomic E-state index is 0.0362. The fourth-order valence-electron chi connectivity index (χ4n) is 2.90. The molecule has 1 saturated heterocycles. The molecule has 1 fully saturated rings. The van der Waals surface area contributed by atoms with Crippen LogP contribution in [0.1, 0.15) is 18.2 Å². The van der Waals surface area contributed by atoms with Crippen LogP contribution in [0.4, 0.5) is 5.82 Å². The summed E-state index contributed by atoms with van der Waals surface area (Å²) in [7, 11) is 0. The first kappa shape index (κ1) is 17.7. The lowest BCUT2D eigenvalue weighted by Crippen LogP contribution is -2.36. The number of hydrogen-bond donors (Lipinski definition) is 1. The second kappa shape index (κ2) is 7.93. The second-order valence-corrected chi connectivity index (χ2v) is 7.29. The molecule has 0 aromatic carbocycles. The van der Waals surface area contributed by atoms with Gasteiger partial charge in [-0.3, -0.25) is 4.79 Å². The Morgan fingerprint density at radius 3 is 2.78 bits per heavy atom. The van der Waals surface area contributed by atoms with E-state index in [-0.39, 0.29) is 5.91 Å². The number of anilines is 1. The Bertz CT molecular complexity index is 940. The van der Waals surface area contributed by atoms with Gasteiger partial charge in [0.1, 0.15) is 6.33 Å². The zero-order valence-electron chi connectivity index (χ0n) is 15.0. The van der Waals surface area contributed by atoms with Crippen molar-refractivity contribution in [2.45, 2.75) is 19.9 Å². The Hall–Kier alpha value is -2.65. The lowest BCUT2D eigenvalue weighted by molar-refractivity contribution is -0.120. The van der Waals surface area contributed by atoms with E-state index in [4.69, 9.17) is 14.7 Å². The van der Waals surface area contributed by atoms with Crippen LogP contribution >= 0.6 is 11.3 Å². The number of carbonyl (C=O) groups excluding carboxylic acids is 1. The van der Waals surface area contributed by atoms with E-state index in [1.165, 1.54) is 6.33 Å². The van der Waals surface area contributed by atoms with Crippen molar-refractivity contribution in [1.29, 1.82) is 0 Å². The maximum absolute atomic E-state index is 11.6. The summed E-state index contributed by atoms with van der Waals surface area (Å²) in [5, 5.41) is 2.92. The molecular weight excluding hydrogens is 364 g/mol. The van der Waals surface area contributed by atoms with Gasteiger partial charge in [0.25, 0.3) is 0 Å². The van der Waals surface area contributed by atoms with Crippen molar-refractivity contribution < 1.29 is 9.53 Å². The average Bonchev–Trinajstić information content (AvgIpc) is 3.15. The summed E-state index contributed by atoms with van der Waals surface area (Å²) in [6.45, 7) is 5.28. The van der Waals surface area contributed by atoms with Crippen molar-refractivity contribution in [1.82, 2.24) is 25.3 Å². The third kappa shape index (κ3) is 3.88. The van der Waals surface area contributed by atoms with Gasteiger partial charge in [-0.25, -0.2) is 19.9 Å². The van der Waals surface area contributed by atoms with E-state index in [1.54, 1.807) is 23.7 Å². The fraction of sp³-hybridized carbons (Fsp3) is 0.389. The molecule has 3 aromatic heterocycles. The van der Waals surface area contributed by atoms with Gasteiger partial charge in [-0.2, -0.15) is 0 Å². The molecule has 1 aliphatic rings. The third-order valence-electron chi connectivity index (χ3n) is 4.32. The molecule has 8 nitrogen and oxygen atoms in total. The van der Waals surface area contributed by atoms with Gasteiger partial charge >= 0.3 is 0 Å². The van der Waals surface area contributed by atoms with Crippen molar-refractivity contribution in [3.63, 3.8) is 0 Å². The van der Waals surface area contributed by atoms with Crippen LogP contribution in [-0.2, 0) is 16.1 Å². The molecule has 1 N–H and O–H groups in total. The average molecular weight is 384 g/mol. The SMILES string of the molecule is CCC(=O)NCc1cc2nc(-c3cncnc3)nc(N3CCOCC3)c2s1. The van der Waals surface area contributed by atoms with E-state index in [0.717, 1.165) is 39.6 Å². The first-order valence-corrected chi connectivity index (χ1v) is 9.71. The molecule has 0 radical (unpaired) electrons. The minimum absolute atomic E-state index is 0.0362.